The van der Waals surface area contributed by atoms with E-state index in [1.54, 1.807) is 24.3 Å². The summed E-state index contributed by atoms with van der Waals surface area (Å²) >= 11 is 0. The van der Waals surface area contributed by atoms with Crippen molar-refractivity contribution >= 4 is 23.4 Å². The van der Waals surface area contributed by atoms with Gasteiger partial charge in [-0.2, -0.15) is 0 Å². The van der Waals surface area contributed by atoms with E-state index in [1.807, 2.05) is 0 Å². The zero-order valence-electron chi connectivity index (χ0n) is 11.6. The van der Waals surface area contributed by atoms with Crippen LogP contribution in [-0.4, -0.2) is 30.8 Å². The summed E-state index contributed by atoms with van der Waals surface area (Å²) in [4.78, 5) is 38.4. The van der Waals surface area contributed by atoms with E-state index in [-0.39, 0.29) is 37.2 Å². The molecule has 0 radical (unpaired) electrons. The van der Waals surface area contributed by atoms with E-state index >= 15 is 0 Å². The van der Waals surface area contributed by atoms with Crippen molar-refractivity contribution in [1.82, 2.24) is 5.32 Å². The van der Waals surface area contributed by atoms with E-state index < -0.39 is 0 Å². The number of azide groups is 1. The van der Waals surface area contributed by atoms with Crippen LogP contribution in [-0.2, 0) is 20.8 Å². The minimum absolute atomic E-state index is 0.163. The number of anilines is 1. The van der Waals surface area contributed by atoms with Crippen LogP contribution in [0.5, 0.6) is 0 Å². The van der Waals surface area contributed by atoms with Gasteiger partial charge in [-0.05, 0) is 23.2 Å². The van der Waals surface area contributed by atoms with Crippen molar-refractivity contribution in [2.45, 2.75) is 6.42 Å². The Morgan fingerprint density at radius 3 is 2.41 bits per heavy atom. The Bertz CT molecular complexity index is 656. The number of benzene rings is 1. The summed E-state index contributed by atoms with van der Waals surface area (Å²) < 4.78 is 0. The van der Waals surface area contributed by atoms with Gasteiger partial charge in [-0.3, -0.25) is 14.4 Å². The van der Waals surface area contributed by atoms with Gasteiger partial charge in [-0.15, -0.1) is 0 Å². The minimum Gasteiger partial charge on any atom is -0.356 e. The Hall–Kier alpha value is -3.12. The molecule has 0 aliphatic carbocycles. The van der Waals surface area contributed by atoms with Gasteiger partial charge in [-0.25, -0.2) is 4.90 Å². The molecular formula is C14H13N5O3. The maximum atomic E-state index is 11.6. The first-order valence-corrected chi connectivity index (χ1v) is 6.54. The van der Waals surface area contributed by atoms with Gasteiger partial charge in [0.25, 0.3) is 11.8 Å². The van der Waals surface area contributed by atoms with Crippen molar-refractivity contribution in [2.75, 3.05) is 18.0 Å². The molecule has 1 aliphatic rings. The molecule has 112 valence electrons. The Labute approximate surface area is 126 Å². The van der Waals surface area contributed by atoms with Gasteiger partial charge in [0, 0.05) is 30.2 Å². The smallest absolute Gasteiger partial charge is 0.258 e. The molecule has 0 spiro atoms. The summed E-state index contributed by atoms with van der Waals surface area (Å²) in [6, 6.07) is 6.60. The fourth-order valence-electron chi connectivity index (χ4n) is 1.96. The molecule has 8 nitrogen and oxygen atoms in total. The molecule has 2 rings (SSSR count). The fraction of sp³-hybridized carbons (Fsp3) is 0.214. The third kappa shape index (κ3) is 3.71. The first-order valence-electron chi connectivity index (χ1n) is 6.54. The first-order chi connectivity index (χ1) is 10.6. The molecule has 0 saturated carbocycles. The Morgan fingerprint density at radius 1 is 1.18 bits per heavy atom. The summed E-state index contributed by atoms with van der Waals surface area (Å²) in [5.74, 6) is -0.960. The third-order valence-corrected chi connectivity index (χ3v) is 2.97. The van der Waals surface area contributed by atoms with Crippen LogP contribution in [0.25, 0.3) is 10.4 Å². The molecular weight excluding hydrogens is 286 g/mol. The lowest BCUT2D eigenvalue weighted by molar-refractivity contribution is -0.121. The summed E-state index contributed by atoms with van der Waals surface area (Å²) in [7, 11) is 0. The van der Waals surface area contributed by atoms with Crippen molar-refractivity contribution in [3.05, 3.63) is 52.4 Å². The number of imide groups is 1. The van der Waals surface area contributed by atoms with Crippen molar-refractivity contribution < 1.29 is 14.4 Å². The summed E-state index contributed by atoms with van der Waals surface area (Å²) in [6.07, 6.45) is 2.59. The van der Waals surface area contributed by atoms with Crippen LogP contribution < -0.4 is 10.2 Å². The van der Waals surface area contributed by atoms with E-state index in [9.17, 15) is 14.4 Å². The molecule has 0 unspecified atom stereocenters. The van der Waals surface area contributed by atoms with Gasteiger partial charge in [0.1, 0.15) is 0 Å². The molecule has 1 aliphatic heterocycles. The Kier molecular flexibility index (Phi) is 4.89. The highest BCUT2D eigenvalue weighted by Crippen LogP contribution is 2.19. The molecule has 0 bridgehead atoms. The topological polar surface area (TPSA) is 115 Å². The average molecular weight is 299 g/mol. The molecule has 1 N–H and O–H groups in total. The van der Waals surface area contributed by atoms with Crippen LogP contribution in [0.15, 0.2) is 41.5 Å². The van der Waals surface area contributed by atoms with Gasteiger partial charge >= 0.3 is 0 Å². The predicted octanol–water partition coefficient (Wildman–Crippen LogP) is 1.08. The maximum Gasteiger partial charge on any atom is 0.258 e. The maximum absolute atomic E-state index is 11.6. The van der Waals surface area contributed by atoms with Crippen LogP contribution in [0, 0.1) is 0 Å². The zero-order chi connectivity index (χ0) is 15.9. The van der Waals surface area contributed by atoms with Gasteiger partial charge < -0.3 is 5.32 Å². The van der Waals surface area contributed by atoms with Gasteiger partial charge in [0.15, 0.2) is 0 Å². The van der Waals surface area contributed by atoms with Crippen LogP contribution >= 0.6 is 0 Å². The fourth-order valence-corrected chi connectivity index (χ4v) is 1.96. The molecule has 0 fully saturated rings. The number of hydrogen-bond acceptors (Lipinski definition) is 4. The summed E-state index contributed by atoms with van der Waals surface area (Å²) in [6.45, 7) is 0.483. The third-order valence-electron chi connectivity index (χ3n) is 2.97. The van der Waals surface area contributed by atoms with Crippen molar-refractivity contribution in [2.24, 2.45) is 5.11 Å². The monoisotopic (exact) mass is 299 g/mol. The molecule has 1 heterocycles. The molecule has 0 saturated heterocycles. The van der Waals surface area contributed by atoms with E-state index in [1.165, 1.54) is 12.2 Å². The normalized spacial score (nSPS) is 13.2. The van der Waals surface area contributed by atoms with Crippen molar-refractivity contribution in [3.8, 4) is 0 Å². The van der Waals surface area contributed by atoms with Gasteiger partial charge in [0.2, 0.25) is 5.91 Å². The first kappa shape index (κ1) is 15.3. The highest BCUT2D eigenvalue weighted by atomic mass is 16.2. The SMILES string of the molecule is [N-]=[N+]=NCCNC(=O)Cc1ccc(N2C(=O)C=CC2=O)cc1. The Morgan fingerprint density at radius 2 is 1.82 bits per heavy atom. The highest BCUT2D eigenvalue weighted by molar-refractivity contribution is 6.28. The van der Waals surface area contributed by atoms with E-state index in [0.717, 1.165) is 10.5 Å². The lowest BCUT2D eigenvalue weighted by Gasteiger charge is -2.14. The van der Waals surface area contributed by atoms with E-state index in [2.05, 4.69) is 15.3 Å². The molecule has 8 heteroatoms. The largest absolute Gasteiger partial charge is 0.356 e. The number of hydrogen-bond donors (Lipinski definition) is 1. The quantitative estimate of drug-likeness (QED) is 0.278. The van der Waals surface area contributed by atoms with Crippen LogP contribution in [0.3, 0.4) is 0 Å². The lowest BCUT2D eigenvalue weighted by atomic mass is 10.1. The summed E-state index contributed by atoms with van der Waals surface area (Å²) in [5.41, 5.74) is 9.32. The molecule has 1 aromatic rings. The predicted molar refractivity (Wildman–Crippen MR) is 78.8 cm³/mol. The number of rotatable bonds is 6. The Balaban J connectivity index is 1.92. The molecule has 1 aromatic carbocycles. The van der Waals surface area contributed by atoms with Crippen LogP contribution in [0.1, 0.15) is 5.56 Å². The second-order valence-electron chi connectivity index (χ2n) is 4.49. The second-order valence-corrected chi connectivity index (χ2v) is 4.49. The van der Waals surface area contributed by atoms with Gasteiger partial charge in [0.05, 0.1) is 12.1 Å². The number of nitrogens with zero attached hydrogens (tertiary/aromatic N) is 4. The molecule has 0 atom stereocenters. The summed E-state index contributed by atoms with van der Waals surface area (Å²) in [5, 5.41) is 5.93. The number of amides is 3. The number of carbonyl (C=O) groups excluding carboxylic acids is 3. The number of nitrogens with one attached hydrogen (secondary N) is 1. The molecule has 3 amide bonds. The van der Waals surface area contributed by atoms with Crippen molar-refractivity contribution in [1.29, 1.82) is 0 Å². The van der Waals surface area contributed by atoms with Crippen LogP contribution in [0.4, 0.5) is 5.69 Å². The van der Waals surface area contributed by atoms with Gasteiger partial charge in [-0.1, -0.05) is 17.2 Å². The number of carbonyl (C=O) groups is 3. The zero-order valence-corrected chi connectivity index (χ0v) is 11.6. The van der Waals surface area contributed by atoms with Crippen LogP contribution in [0.2, 0.25) is 0 Å². The standard InChI is InChI=1S/C14H13N5O3/c15-18-17-8-7-16-12(20)9-10-1-3-11(4-2-10)19-13(21)5-6-14(19)22/h1-6H,7-9H2,(H,16,20). The molecule has 0 aromatic heterocycles. The van der Waals surface area contributed by atoms with E-state index in [0.29, 0.717) is 5.69 Å². The molecule has 22 heavy (non-hydrogen) atoms. The highest BCUT2D eigenvalue weighted by Gasteiger charge is 2.24. The van der Waals surface area contributed by atoms with E-state index in [4.69, 9.17) is 5.53 Å². The minimum atomic E-state index is -0.381. The second kappa shape index (κ2) is 7.05. The van der Waals surface area contributed by atoms with Crippen molar-refractivity contribution in [3.63, 3.8) is 0 Å². The lowest BCUT2D eigenvalue weighted by Crippen LogP contribution is -2.29. The average Bonchev–Trinajstić information content (AvgIpc) is 2.84.